The summed E-state index contributed by atoms with van der Waals surface area (Å²) in [5, 5.41) is 40.0. The number of fused-ring (bicyclic) bond motifs is 1. The van der Waals surface area contributed by atoms with E-state index in [0.717, 1.165) is 34.7 Å². The second kappa shape index (κ2) is 11.8. The number of thioether (sulfide) groups is 1. The molecule has 0 aliphatic heterocycles. The minimum atomic E-state index is -0.764. The molecule has 0 saturated carbocycles. The van der Waals surface area contributed by atoms with Gasteiger partial charge in [-0.2, -0.15) is 5.10 Å². The highest BCUT2D eigenvalue weighted by Crippen LogP contribution is 2.30. The first kappa shape index (κ1) is 26.7. The van der Waals surface area contributed by atoms with Gasteiger partial charge < -0.3 is 5.73 Å². The second-order valence-electron chi connectivity index (χ2n) is 7.93. The van der Waals surface area contributed by atoms with Crippen LogP contribution in [0.4, 0.5) is 28.4 Å². The van der Waals surface area contributed by atoms with Gasteiger partial charge in [0.1, 0.15) is 5.69 Å². The van der Waals surface area contributed by atoms with Crippen molar-refractivity contribution in [3.63, 3.8) is 0 Å². The van der Waals surface area contributed by atoms with Crippen molar-refractivity contribution in [1.82, 2.24) is 0 Å². The minimum absolute atomic E-state index is 0.0765. The third-order valence-corrected chi connectivity index (χ3v) is 6.27. The zero-order chi connectivity index (χ0) is 27.9. The molecular formula is C25H19N7O6S. The molecule has 0 aliphatic rings. The predicted octanol–water partition coefficient (Wildman–Crippen LogP) is 5.76. The molecule has 0 saturated heterocycles. The van der Waals surface area contributed by atoms with Crippen LogP contribution in [0.3, 0.4) is 0 Å². The Labute approximate surface area is 224 Å². The zero-order valence-corrected chi connectivity index (χ0v) is 20.8. The van der Waals surface area contributed by atoms with Crippen LogP contribution in [0.25, 0.3) is 10.8 Å². The molecule has 4 aromatic rings. The van der Waals surface area contributed by atoms with Gasteiger partial charge in [0.2, 0.25) is 0 Å². The number of rotatable bonds is 9. The van der Waals surface area contributed by atoms with Gasteiger partial charge in [0.05, 0.1) is 32.2 Å². The van der Waals surface area contributed by atoms with E-state index in [2.05, 4.69) is 15.5 Å². The quantitative estimate of drug-likeness (QED) is 0.114. The van der Waals surface area contributed by atoms with Crippen molar-refractivity contribution in [2.45, 2.75) is 0 Å². The van der Waals surface area contributed by atoms with E-state index >= 15 is 0 Å². The standard InChI is InChI=1S/C25H19N7O6S/c26-25(27-21-7-3-5-16-4-1-2-6-20(16)21)39-15-23(17-8-10-18(11-9-17)30(33)34)29-28-22-13-12-19(31(35)36)14-24(22)32(37)38/h1-14,28H,15H2,(H2,26,27)/b29-23+. The molecule has 0 radical (unpaired) electrons. The number of nitrogens with zero attached hydrogens (tertiary/aromatic N) is 5. The lowest BCUT2D eigenvalue weighted by atomic mass is 10.1. The van der Waals surface area contributed by atoms with Crippen molar-refractivity contribution in [2.24, 2.45) is 15.8 Å². The number of anilines is 1. The number of nitrogens with two attached hydrogens (primary N) is 1. The average molecular weight is 546 g/mol. The maximum Gasteiger partial charge on any atom is 0.301 e. The van der Waals surface area contributed by atoms with Crippen LogP contribution in [0.1, 0.15) is 5.56 Å². The molecule has 0 atom stereocenters. The van der Waals surface area contributed by atoms with Crippen LogP contribution >= 0.6 is 11.8 Å². The number of non-ortho nitro benzene ring substituents is 2. The zero-order valence-electron chi connectivity index (χ0n) is 20.0. The Morgan fingerprint density at radius 1 is 0.821 bits per heavy atom. The molecule has 13 nitrogen and oxygen atoms in total. The number of hydrogen-bond acceptors (Lipinski definition) is 10. The van der Waals surface area contributed by atoms with Gasteiger partial charge in [0.15, 0.2) is 5.17 Å². The van der Waals surface area contributed by atoms with Crippen LogP contribution in [0.15, 0.2) is 95.0 Å². The van der Waals surface area contributed by atoms with Gasteiger partial charge in [-0.05, 0) is 35.2 Å². The Morgan fingerprint density at radius 2 is 1.49 bits per heavy atom. The van der Waals surface area contributed by atoms with Crippen LogP contribution in [0.2, 0.25) is 0 Å². The van der Waals surface area contributed by atoms with Gasteiger partial charge in [0, 0.05) is 29.3 Å². The molecular weight excluding hydrogens is 526 g/mol. The fourth-order valence-corrected chi connectivity index (χ4v) is 4.24. The average Bonchev–Trinajstić information content (AvgIpc) is 2.93. The Hall–Kier alpha value is -5.37. The Morgan fingerprint density at radius 3 is 2.18 bits per heavy atom. The highest BCUT2D eigenvalue weighted by atomic mass is 32.2. The van der Waals surface area contributed by atoms with Crippen LogP contribution in [-0.4, -0.2) is 31.4 Å². The van der Waals surface area contributed by atoms with E-state index in [0.29, 0.717) is 17.0 Å². The summed E-state index contributed by atoms with van der Waals surface area (Å²) in [5.74, 6) is 0.145. The summed E-state index contributed by atoms with van der Waals surface area (Å²) < 4.78 is 0. The van der Waals surface area contributed by atoms with Crippen LogP contribution in [0, 0.1) is 30.3 Å². The third kappa shape index (κ3) is 6.50. The maximum atomic E-state index is 11.5. The summed E-state index contributed by atoms with van der Waals surface area (Å²) in [4.78, 5) is 36.1. The van der Waals surface area contributed by atoms with Crippen molar-refractivity contribution in [3.05, 3.63) is 121 Å². The van der Waals surface area contributed by atoms with E-state index in [4.69, 9.17) is 5.73 Å². The van der Waals surface area contributed by atoms with Gasteiger partial charge in [0.25, 0.3) is 11.4 Å². The summed E-state index contributed by atoms with van der Waals surface area (Å²) in [6.07, 6.45) is 0. The summed E-state index contributed by atoms with van der Waals surface area (Å²) in [5.41, 5.74) is 9.11. The lowest BCUT2D eigenvalue weighted by molar-refractivity contribution is -0.393. The molecule has 39 heavy (non-hydrogen) atoms. The lowest BCUT2D eigenvalue weighted by Gasteiger charge is -2.09. The number of nitro groups is 3. The molecule has 3 N–H and O–H groups in total. The van der Waals surface area contributed by atoms with Gasteiger partial charge >= 0.3 is 5.69 Å². The molecule has 0 heterocycles. The van der Waals surface area contributed by atoms with Crippen molar-refractivity contribution in [2.75, 3.05) is 11.2 Å². The summed E-state index contributed by atoms with van der Waals surface area (Å²) in [6.45, 7) is 0. The van der Waals surface area contributed by atoms with Gasteiger partial charge in [-0.3, -0.25) is 35.8 Å². The van der Waals surface area contributed by atoms with Gasteiger partial charge in [-0.1, -0.05) is 48.2 Å². The molecule has 4 aromatic carbocycles. The molecule has 0 aliphatic carbocycles. The van der Waals surface area contributed by atoms with Crippen molar-refractivity contribution < 1.29 is 14.8 Å². The molecule has 196 valence electrons. The minimum Gasteiger partial charge on any atom is -0.378 e. The largest absolute Gasteiger partial charge is 0.378 e. The van der Waals surface area contributed by atoms with E-state index in [9.17, 15) is 30.3 Å². The predicted molar refractivity (Wildman–Crippen MR) is 151 cm³/mol. The molecule has 0 unspecified atom stereocenters. The smallest absolute Gasteiger partial charge is 0.301 e. The first-order valence-electron chi connectivity index (χ1n) is 11.2. The molecule has 0 amide bonds. The molecule has 0 spiro atoms. The monoisotopic (exact) mass is 545 g/mol. The third-order valence-electron chi connectivity index (χ3n) is 5.47. The van der Waals surface area contributed by atoms with Crippen LogP contribution in [-0.2, 0) is 0 Å². The lowest BCUT2D eigenvalue weighted by Crippen LogP contribution is -2.14. The van der Waals surface area contributed by atoms with Gasteiger partial charge in [-0.25, -0.2) is 4.99 Å². The summed E-state index contributed by atoms with van der Waals surface area (Å²) in [7, 11) is 0. The Balaban J connectivity index is 1.63. The first-order chi connectivity index (χ1) is 18.7. The summed E-state index contributed by atoms with van der Waals surface area (Å²) in [6, 6.07) is 22.1. The van der Waals surface area contributed by atoms with E-state index in [1.807, 2.05) is 42.5 Å². The number of aliphatic imine (C=N–C) groups is 1. The normalized spacial score (nSPS) is 11.8. The number of benzene rings is 4. The second-order valence-corrected chi connectivity index (χ2v) is 8.92. The van der Waals surface area contributed by atoms with E-state index in [1.54, 1.807) is 0 Å². The fraction of sp³-hybridized carbons (Fsp3) is 0.0400. The summed E-state index contributed by atoms with van der Waals surface area (Å²) >= 11 is 1.15. The molecule has 14 heteroatoms. The number of amidine groups is 1. The van der Waals surface area contributed by atoms with E-state index in [-0.39, 0.29) is 22.3 Å². The number of nitrogens with one attached hydrogen (secondary N) is 1. The van der Waals surface area contributed by atoms with E-state index < -0.39 is 26.1 Å². The van der Waals surface area contributed by atoms with Crippen molar-refractivity contribution in [1.29, 1.82) is 0 Å². The van der Waals surface area contributed by atoms with Crippen LogP contribution < -0.4 is 11.2 Å². The molecule has 4 rings (SSSR count). The van der Waals surface area contributed by atoms with Gasteiger partial charge in [-0.15, -0.1) is 0 Å². The van der Waals surface area contributed by atoms with Crippen molar-refractivity contribution >= 4 is 61.9 Å². The highest BCUT2D eigenvalue weighted by Gasteiger charge is 2.20. The SMILES string of the molecule is NC(=Nc1cccc2ccccc12)SC/C(=N\Nc1ccc([N+](=O)[O-])cc1[N+](=O)[O-])c1ccc([N+](=O)[O-])cc1. The fourth-order valence-electron chi connectivity index (χ4n) is 3.56. The number of nitro benzene ring substituents is 3. The van der Waals surface area contributed by atoms with Crippen LogP contribution in [0.5, 0.6) is 0 Å². The molecule has 0 aromatic heterocycles. The first-order valence-corrected chi connectivity index (χ1v) is 12.2. The molecule has 0 fully saturated rings. The Bertz CT molecular complexity index is 1630. The van der Waals surface area contributed by atoms with E-state index in [1.165, 1.54) is 30.3 Å². The highest BCUT2D eigenvalue weighted by molar-refractivity contribution is 8.14. The molecule has 0 bridgehead atoms. The number of hydrogen-bond donors (Lipinski definition) is 2. The van der Waals surface area contributed by atoms with Crippen molar-refractivity contribution in [3.8, 4) is 0 Å². The topological polar surface area (TPSA) is 192 Å². The Kier molecular flexibility index (Phi) is 8.06. The maximum absolute atomic E-state index is 11.5. The number of hydrazone groups is 1.